The Hall–Kier alpha value is -0.870. The third-order valence-corrected chi connectivity index (χ3v) is 5.34. The lowest BCUT2D eigenvalue weighted by molar-refractivity contribution is -0.141. The smallest absolute Gasteiger partial charge is 0.333 e. The Labute approximate surface area is 180 Å². The summed E-state index contributed by atoms with van der Waals surface area (Å²) < 4.78 is 4.92. The summed E-state index contributed by atoms with van der Waals surface area (Å²) in [6, 6.07) is 0. The third kappa shape index (κ3) is 21.7. The topological polar surface area (TPSA) is 58.6 Å². The van der Waals surface area contributed by atoms with E-state index in [9.17, 15) is 9.90 Å². The van der Waals surface area contributed by atoms with Gasteiger partial charge in [-0.2, -0.15) is 0 Å². The molecule has 29 heavy (non-hydrogen) atoms. The van der Waals surface area contributed by atoms with Crippen LogP contribution in [0.3, 0.4) is 0 Å². The van der Waals surface area contributed by atoms with Crippen LogP contribution in [0.5, 0.6) is 0 Å². The molecule has 0 rings (SSSR count). The first-order chi connectivity index (χ1) is 14.1. The Morgan fingerprint density at radius 2 is 1.24 bits per heavy atom. The minimum Gasteiger partial charge on any atom is -0.460 e. The molecule has 0 aliphatic heterocycles. The molecule has 0 saturated carbocycles. The summed E-state index contributed by atoms with van der Waals surface area (Å²) >= 11 is 0. The second-order valence-electron chi connectivity index (χ2n) is 8.54. The van der Waals surface area contributed by atoms with Crippen LogP contribution >= 0.6 is 0 Å². The van der Waals surface area contributed by atoms with Crippen molar-refractivity contribution in [1.29, 1.82) is 0 Å². The fourth-order valence-corrected chi connectivity index (χ4v) is 3.42. The van der Waals surface area contributed by atoms with Crippen molar-refractivity contribution in [2.45, 2.75) is 123 Å². The van der Waals surface area contributed by atoms with Crippen LogP contribution in [0.4, 0.5) is 0 Å². The van der Waals surface area contributed by atoms with Crippen LogP contribution in [0.15, 0.2) is 12.2 Å². The Morgan fingerprint density at radius 3 is 1.66 bits per heavy atom. The lowest BCUT2D eigenvalue weighted by Gasteiger charge is -2.12. The highest BCUT2D eigenvalue weighted by Crippen LogP contribution is 2.13. The van der Waals surface area contributed by atoms with Gasteiger partial charge in [0.2, 0.25) is 0 Å². The van der Waals surface area contributed by atoms with E-state index >= 15 is 0 Å². The van der Waals surface area contributed by atoms with E-state index < -0.39 is 12.1 Å². The summed E-state index contributed by atoms with van der Waals surface area (Å²) in [4.78, 5) is 11.2. The van der Waals surface area contributed by atoms with Crippen LogP contribution in [-0.2, 0) is 9.53 Å². The number of hydrogen-bond acceptors (Lipinski definition) is 4. The van der Waals surface area contributed by atoms with Crippen molar-refractivity contribution in [3.8, 4) is 0 Å². The van der Waals surface area contributed by atoms with Gasteiger partial charge in [0, 0.05) is 12.1 Å². The lowest BCUT2D eigenvalue weighted by atomic mass is 10.0. The summed E-state index contributed by atoms with van der Waals surface area (Å²) in [5, 5.41) is 13.0. The lowest BCUT2D eigenvalue weighted by Crippen LogP contribution is -2.31. The van der Waals surface area contributed by atoms with Crippen LogP contribution in [-0.4, -0.2) is 36.9 Å². The minimum atomic E-state index is -0.653. The standard InChI is InChI=1S/C25H49NO3/c1-4-5-6-7-8-9-10-11-12-13-14-15-16-17-18-19-20-26-21-24(27)22-29-25(28)23(2)3/h24,26-27H,2,4-22H2,1,3H3. The molecule has 0 amide bonds. The molecule has 2 N–H and O–H groups in total. The molecule has 0 aliphatic rings. The second-order valence-corrected chi connectivity index (χ2v) is 8.54. The van der Waals surface area contributed by atoms with Crippen LogP contribution in [0.25, 0.3) is 0 Å². The van der Waals surface area contributed by atoms with Crippen molar-refractivity contribution in [1.82, 2.24) is 5.32 Å². The fraction of sp³-hybridized carbons (Fsp3) is 0.880. The molecule has 0 aromatic heterocycles. The first kappa shape index (κ1) is 28.1. The van der Waals surface area contributed by atoms with Gasteiger partial charge >= 0.3 is 5.97 Å². The van der Waals surface area contributed by atoms with E-state index in [-0.39, 0.29) is 6.61 Å². The Morgan fingerprint density at radius 1 is 0.828 bits per heavy atom. The highest BCUT2D eigenvalue weighted by molar-refractivity contribution is 5.86. The monoisotopic (exact) mass is 411 g/mol. The molecule has 0 aliphatic carbocycles. The maximum absolute atomic E-state index is 11.2. The number of carbonyl (C=O) groups excluding carboxylic acids is 1. The molecule has 1 unspecified atom stereocenters. The number of hydrogen-bond donors (Lipinski definition) is 2. The zero-order valence-corrected chi connectivity index (χ0v) is 19.5. The average molecular weight is 412 g/mol. The fourth-order valence-electron chi connectivity index (χ4n) is 3.42. The number of rotatable bonds is 22. The predicted molar refractivity (Wildman–Crippen MR) is 124 cm³/mol. The molecular weight excluding hydrogens is 362 g/mol. The number of unbranched alkanes of at least 4 members (excludes halogenated alkanes) is 15. The number of aliphatic hydroxyl groups is 1. The van der Waals surface area contributed by atoms with Gasteiger partial charge in [0.1, 0.15) is 12.7 Å². The summed E-state index contributed by atoms with van der Waals surface area (Å²) in [5.74, 6) is -0.443. The van der Waals surface area contributed by atoms with E-state index in [2.05, 4.69) is 18.8 Å². The Bertz CT molecular complexity index is 384. The molecule has 4 nitrogen and oxygen atoms in total. The van der Waals surface area contributed by atoms with Gasteiger partial charge < -0.3 is 15.2 Å². The summed E-state index contributed by atoms with van der Waals surface area (Å²) in [6.45, 7) is 8.79. The van der Waals surface area contributed by atoms with Gasteiger partial charge in [-0.1, -0.05) is 110 Å². The van der Waals surface area contributed by atoms with E-state index in [0.29, 0.717) is 12.1 Å². The van der Waals surface area contributed by atoms with Crippen LogP contribution in [0, 0.1) is 0 Å². The number of carbonyl (C=O) groups is 1. The maximum Gasteiger partial charge on any atom is 0.333 e. The van der Waals surface area contributed by atoms with Gasteiger partial charge in [0.15, 0.2) is 0 Å². The largest absolute Gasteiger partial charge is 0.460 e. The maximum atomic E-state index is 11.2. The molecular formula is C25H49NO3. The molecule has 4 heteroatoms. The first-order valence-corrected chi connectivity index (χ1v) is 12.3. The molecule has 0 aromatic rings. The molecule has 172 valence electrons. The van der Waals surface area contributed by atoms with Gasteiger partial charge in [-0.15, -0.1) is 0 Å². The first-order valence-electron chi connectivity index (χ1n) is 12.3. The van der Waals surface area contributed by atoms with Crippen molar-refractivity contribution in [2.24, 2.45) is 0 Å². The van der Waals surface area contributed by atoms with Crippen molar-refractivity contribution in [3.63, 3.8) is 0 Å². The van der Waals surface area contributed by atoms with E-state index in [1.54, 1.807) is 6.92 Å². The molecule has 0 radical (unpaired) electrons. The van der Waals surface area contributed by atoms with Crippen LogP contribution < -0.4 is 5.32 Å². The van der Waals surface area contributed by atoms with Crippen LogP contribution in [0.2, 0.25) is 0 Å². The number of aliphatic hydroxyl groups excluding tert-OH is 1. The summed E-state index contributed by atoms with van der Waals surface area (Å²) in [7, 11) is 0. The molecule has 0 saturated heterocycles. The van der Waals surface area contributed by atoms with Crippen molar-refractivity contribution >= 4 is 5.97 Å². The average Bonchev–Trinajstić information content (AvgIpc) is 2.71. The number of nitrogens with one attached hydrogen (secondary N) is 1. The van der Waals surface area contributed by atoms with Crippen LogP contribution in [0.1, 0.15) is 117 Å². The molecule has 0 aromatic carbocycles. The molecule has 0 fully saturated rings. The van der Waals surface area contributed by atoms with Crippen molar-refractivity contribution < 1.29 is 14.6 Å². The quantitative estimate of drug-likeness (QED) is 0.124. The molecule has 0 bridgehead atoms. The van der Waals surface area contributed by atoms with Crippen molar-refractivity contribution in [3.05, 3.63) is 12.2 Å². The third-order valence-electron chi connectivity index (χ3n) is 5.34. The van der Waals surface area contributed by atoms with Gasteiger partial charge in [0.05, 0.1) is 0 Å². The molecule has 0 spiro atoms. The van der Waals surface area contributed by atoms with E-state index in [0.717, 1.165) is 13.0 Å². The highest BCUT2D eigenvalue weighted by atomic mass is 16.5. The van der Waals surface area contributed by atoms with Gasteiger partial charge in [-0.25, -0.2) is 4.79 Å². The Balaban J connectivity index is 3.16. The normalized spacial score (nSPS) is 12.1. The number of ether oxygens (including phenoxy) is 1. The molecule has 0 heterocycles. The van der Waals surface area contributed by atoms with Crippen molar-refractivity contribution in [2.75, 3.05) is 19.7 Å². The zero-order chi connectivity index (χ0) is 21.6. The summed E-state index contributed by atoms with van der Waals surface area (Å²) in [5.41, 5.74) is 0.360. The highest BCUT2D eigenvalue weighted by Gasteiger charge is 2.08. The van der Waals surface area contributed by atoms with Gasteiger partial charge in [0.25, 0.3) is 0 Å². The summed E-state index contributed by atoms with van der Waals surface area (Å²) in [6.07, 6.45) is 21.3. The minimum absolute atomic E-state index is 0.0254. The van der Waals surface area contributed by atoms with E-state index in [1.165, 1.54) is 96.3 Å². The predicted octanol–water partition coefficient (Wildman–Crippen LogP) is 6.32. The SMILES string of the molecule is C=C(C)C(=O)OCC(O)CNCCCCCCCCCCCCCCCCCC. The second kappa shape index (κ2) is 21.8. The number of esters is 1. The van der Waals surface area contributed by atoms with Gasteiger partial charge in [-0.3, -0.25) is 0 Å². The van der Waals surface area contributed by atoms with E-state index in [4.69, 9.17) is 4.74 Å². The van der Waals surface area contributed by atoms with Gasteiger partial charge in [-0.05, 0) is 19.9 Å². The molecule has 1 atom stereocenters. The Kier molecular flexibility index (Phi) is 21.2. The van der Waals surface area contributed by atoms with E-state index in [1.807, 2.05) is 0 Å². The zero-order valence-electron chi connectivity index (χ0n) is 19.5.